The van der Waals surface area contributed by atoms with Gasteiger partial charge in [0.2, 0.25) is 11.8 Å². The molecule has 2 aromatic carbocycles. The van der Waals surface area contributed by atoms with Crippen LogP contribution in [-0.2, 0) is 27.7 Å². The average Bonchev–Trinajstić information content (AvgIpc) is 3.12. The number of amides is 1. The molecule has 0 atom stereocenters. The van der Waals surface area contributed by atoms with E-state index in [1.807, 2.05) is 19.9 Å². The molecule has 2 N–H and O–H groups in total. The van der Waals surface area contributed by atoms with Gasteiger partial charge in [-0.3, -0.25) is 14.3 Å². The standard InChI is InChI=1S/C25H28N4O5S/c1-4-7-19-24(25-26-22(30)12-13-23(31)29(25)27-19)17-10-11-20(34-3)21(15-17)35(32,33)28-18-9-6-8-16(5-2)14-18/h6,8-11,14-15,28H,4-5,7,12-13H2,1-3H3,(H,26,30). The van der Waals surface area contributed by atoms with E-state index in [-0.39, 0.29) is 41.1 Å². The fraction of sp³-hybridized carbons (Fsp3) is 0.320. The maximum atomic E-state index is 13.4. The van der Waals surface area contributed by atoms with Crippen LogP contribution in [-0.4, -0.2) is 37.1 Å². The van der Waals surface area contributed by atoms with Crippen LogP contribution in [0.5, 0.6) is 5.75 Å². The topological polar surface area (TPSA) is 119 Å². The van der Waals surface area contributed by atoms with Crippen LogP contribution >= 0.6 is 0 Å². The van der Waals surface area contributed by atoms with Gasteiger partial charge in [0.05, 0.1) is 12.8 Å². The first-order chi connectivity index (χ1) is 16.8. The summed E-state index contributed by atoms with van der Waals surface area (Å²) in [5, 5.41) is 7.25. The van der Waals surface area contributed by atoms with E-state index in [4.69, 9.17) is 4.74 Å². The summed E-state index contributed by atoms with van der Waals surface area (Å²) >= 11 is 0. The van der Waals surface area contributed by atoms with Crippen molar-refractivity contribution < 1.29 is 22.7 Å². The third-order valence-corrected chi connectivity index (χ3v) is 7.24. The minimum absolute atomic E-state index is 0.0501. The summed E-state index contributed by atoms with van der Waals surface area (Å²) in [6, 6.07) is 11.9. The molecule has 3 aromatic rings. The summed E-state index contributed by atoms with van der Waals surface area (Å²) in [5.74, 6) is -0.151. The Bertz CT molecular complexity index is 1390. The molecule has 0 radical (unpaired) electrons. The van der Waals surface area contributed by atoms with E-state index in [9.17, 15) is 18.0 Å². The lowest BCUT2D eigenvalue weighted by Crippen LogP contribution is -2.15. The lowest BCUT2D eigenvalue weighted by molar-refractivity contribution is -0.116. The molecule has 0 bridgehead atoms. The van der Waals surface area contributed by atoms with Gasteiger partial charge in [-0.2, -0.15) is 9.78 Å². The summed E-state index contributed by atoms with van der Waals surface area (Å²) < 4.78 is 36.1. The van der Waals surface area contributed by atoms with E-state index >= 15 is 0 Å². The number of ether oxygens (including phenoxy) is 1. The highest BCUT2D eigenvalue weighted by Crippen LogP contribution is 2.38. The van der Waals surface area contributed by atoms with E-state index in [0.717, 1.165) is 18.4 Å². The van der Waals surface area contributed by atoms with Gasteiger partial charge in [0.1, 0.15) is 16.5 Å². The number of hydrogen-bond donors (Lipinski definition) is 2. The molecule has 0 aliphatic carbocycles. The number of carbonyl (C=O) groups is 2. The molecule has 0 saturated heterocycles. The van der Waals surface area contributed by atoms with Crippen molar-refractivity contribution in [3.05, 3.63) is 53.7 Å². The second-order valence-electron chi connectivity index (χ2n) is 8.30. The van der Waals surface area contributed by atoms with E-state index < -0.39 is 10.0 Å². The number of nitrogens with one attached hydrogen (secondary N) is 2. The van der Waals surface area contributed by atoms with Crippen molar-refractivity contribution in [2.45, 2.75) is 50.8 Å². The number of hydrogen-bond acceptors (Lipinski definition) is 6. The Balaban J connectivity index is 1.85. The molecular weight excluding hydrogens is 468 g/mol. The molecule has 1 aliphatic rings. The minimum Gasteiger partial charge on any atom is -0.495 e. The Kier molecular flexibility index (Phi) is 6.93. The molecule has 184 valence electrons. The quantitative estimate of drug-likeness (QED) is 0.481. The number of benzene rings is 2. The van der Waals surface area contributed by atoms with Crippen molar-refractivity contribution in [3.8, 4) is 16.9 Å². The third kappa shape index (κ3) is 4.93. The first kappa shape index (κ1) is 24.5. The number of nitrogens with zero attached hydrogens (tertiary/aromatic N) is 2. The highest BCUT2D eigenvalue weighted by molar-refractivity contribution is 7.92. The monoisotopic (exact) mass is 496 g/mol. The summed E-state index contributed by atoms with van der Waals surface area (Å²) in [5.41, 5.74) is 3.09. The van der Waals surface area contributed by atoms with Crippen LogP contribution in [0, 0.1) is 0 Å². The molecule has 0 unspecified atom stereocenters. The summed E-state index contributed by atoms with van der Waals surface area (Å²) in [6.45, 7) is 3.97. The lowest BCUT2D eigenvalue weighted by Gasteiger charge is -2.15. The number of carbonyl (C=O) groups excluding carboxylic acids is 2. The Morgan fingerprint density at radius 2 is 1.91 bits per heavy atom. The summed E-state index contributed by atoms with van der Waals surface area (Å²) in [6.07, 6.45) is 2.19. The maximum absolute atomic E-state index is 13.4. The second-order valence-corrected chi connectivity index (χ2v) is 9.95. The van der Waals surface area contributed by atoms with Gasteiger partial charge in [-0.25, -0.2) is 8.42 Å². The number of fused-ring (bicyclic) bond motifs is 1. The molecule has 0 fully saturated rings. The predicted molar refractivity (Wildman–Crippen MR) is 133 cm³/mol. The lowest BCUT2D eigenvalue weighted by atomic mass is 10.0. The van der Waals surface area contributed by atoms with Crippen LogP contribution in [0.25, 0.3) is 11.1 Å². The first-order valence-corrected chi connectivity index (χ1v) is 13.0. The summed E-state index contributed by atoms with van der Waals surface area (Å²) in [4.78, 5) is 24.8. The molecule has 9 nitrogen and oxygen atoms in total. The molecule has 4 rings (SSSR count). The van der Waals surface area contributed by atoms with Crippen LogP contribution < -0.4 is 14.8 Å². The second kappa shape index (κ2) is 9.91. The van der Waals surface area contributed by atoms with Gasteiger partial charge < -0.3 is 10.1 Å². The zero-order chi connectivity index (χ0) is 25.2. The SMILES string of the molecule is CCCc1nn2c(c1-c1ccc(OC)c(S(=O)(=O)Nc3cccc(CC)c3)c1)NC(=O)CCC2=O. The molecule has 1 amide bonds. The number of aromatic nitrogens is 2. The fourth-order valence-corrected chi connectivity index (χ4v) is 5.35. The molecule has 10 heteroatoms. The Hall–Kier alpha value is -3.66. The van der Waals surface area contributed by atoms with Gasteiger partial charge in [0.15, 0.2) is 0 Å². The van der Waals surface area contributed by atoms with E-state index in [2.05, 4.69) is 15.1 Å². The number of aryl methyl sites for hydroxylation is 2. The highest BCUT2D eigenvalue weighted by atomic mass is 32.2. The number of anilines is 2. The van der Waals surface area contributed by atoms with Gasteiger partial charge in [-0.15, -0.1) is 0 Å². The van der Waals surface area contributed by atoms with Crippen LogP contribution in [0.4, 0.5) is 11.5 Å². The Morgan fingerprint density at radius 3 is 2.63 bits per heavy atom. The van der Waals surface area contributed by atoms with Crippen LogP contribution in [0.3, 0.4) is 0 Å². The number of rotatable bonds is 8. The predicted octanol–water partition coefficient (Wildman–Crippen LogP) is 4.25. The molecule has 1 aromatic heterocycles. The van der Waals surface area contributed by atoms with Gasteiger partial charge >= 0.3 is 0 Å². The smallest absolute Gasteiger partial charge is 0.265 e. The van der Waals surface area contributed by atoms with Crippen LogP contribution in [0.1, 0.15) is 49.2 Å². The van der Waals surface area contributed by atoms with Crippen molar-refractivity contribution in [2.24, 2.45) is 0 Å². The van der Waals surface area contributed by atoms with E-state index in [1.54, 1.807) is 30.3 Å². The molecule has 0 saturated carbocycles. The van der Waals surface area contributed by atoms with Crippen molar-refractivity contribution in [3.63, 3.8) is 0 Å². The van der Waals surface area contributed by atoms with Crippen LogP contribution in [0.2, 0.25) is 0 Å². The van der Waals surface area contributed by atoms with Crippen molar-refractivity contribution >= 4 is 33.3 Å². The van der Waals surface area contributed by atoms with Gasteiger partial charge in [0, 0.05) is 24.1 Å². The van der Waals surface area contributed by atoms with Gasteiger partial charge in [0.25, 0.3) is 10.0 Å². The van der Waals surface area contributed by atoms with E-state index in [0.29, 0.717) is 28.9 Å². The molecule has 2 heterocycles. The van der Waals surface area contributed by atoms with Crippen molar-refractivity contribution in [1.29, 1.82) is 0 Å². The zero-order valence-corrected chi connectivity index (χ0v) is 20.7. The van der Waals surface area contributed by atoms with Crippen LogP contribution in [0.15, 0.2) is 47.4 Å². The fourth-order valence-electron chi connectivity index (χ4n) is 4.10. The first-order valence-electron chi connectivity index (χ1n) is 11.5. The summed E-state index contributed by atoms with van der Waals surface area (Å²) in [7, 11) is -2.62. The van der Waals surface area contributed by atoms with Gasteiger partial charge in [-0.05, 0) is 48.2 Å². The average molecular weight is 497 g/mol. The van der Waals surface area contributed by atoms with Gasteiger partial charge in [-0.1, -0.05) is 38.5 Å². The Morgan fingerprint density at radius 1 is 1.11 bits per heavy atom. The van der Waals surface area contributed by atoms with Crippen molar-refractivity contribution in [1.82, 2.24) is 9.78 Å². The van der Waals surface area contributed by atoms with Crippen molar-refractivity contribution in [2.75, 3.05) is 17.1 Å². The number of sulfonamides is 1. The largest absolute Gasteiger partial charge is 0.495 e. The Labute approximate surface area is 204 Å². The molecule has 1 aliphatic heterocycles. The third-order valence-electron chi connectivity index (χ3n) is 5.83. The normalized spacial score (nSPS) is 13.7. The molecular formula is C25H28N4O5S. The molecule has 35 heavy (non-hydrogen) atoms. The molecule has 0 spiro atoms. The van der Waals surface area contributed by atoms with E-state index in [1.165, 1.54) is 17.9 Å². The minimum atomic E-state index is -4.03. The maximum Gasteiger partial charge on any atom is 0.265 e. The highest BCUT2D eigenvalue weighted by Gasteiger charge is 2.29. The number of methoxy groups -OCH3 is 1. The zero-order valence-electron chi connectivity index (χ0n) is 19.9.